The van der Waals surface area contributed by atoms with Gasteiger partial charge in [-0.1, -0.05) is 69.4 Å². The molecule has 39 heavy (non-hydrogen) atoms. The smallest absolute Gasteiger partial charge is 0.242 e. The summed E-state index contributed by atoms with van der Waals surface area (Å²) in [6, 6.07) is 16.5. The van der Waals surface area contributed by atoms with Crippen LogP contribution >= 0.6 is 0 Å². The highest BCUT2D eigenvalue weighted by molar-refractivity contribution is 5.86. The van der Waals surface area contributed by atoms with E-state index in [2.05, 4.69) is 24.0 Å². The molecule has 2 amide bonds. The Bertz CT molecular complexity index is 1180. The number of carbonyl (C=O) groups excluding carboxylic acids is 2. The van der Waals surface area contributed by atoms with Gasteiger partial charge in [-0.15, -0.1) is 0 Å². The molecule has 6 nitrogen and oxygen atoms in total. The maximum absolute atomic E-state index is 13.7. The van der Waals surface area contributed by atoms with E-state index in [9.17, 15) is 9.59 Å². The molecular weight excluding hydrogens is 486 g/mol. The maximum Gasteiger partial charge on any atom is 0.242 e. The summed E-state index contributed by atoms with van der Waals surface area (Å²) in [5, 5.41) is 1.19. The van der Waals surface area contributed by atoms with Gasteiger partial charge in [0.1, 0.15) is 12.3 Å². The summed E-state index contributed by atoms with van der Waals surface area (Å²) in [6.45, 7) is 6.09. The molecule has 4 rings (SSSR count). The number of fused-ring (bicyclic) bond motifs is 1. The van der Waals surface area contributed by atoms with Gasteiger partial charge < -0.3 is 19.5 Å². The average molecular weight is 532 g/mol. The number of rotatable bonds is 17. The van der Waals surface area contributed by atoms with E-state index in [0.29, 0.717) is 26.1 Å². The number of nitrogens with one attached hydrogen (secondary N) is 1. The molecule has 3 aromatic rings. The first-order valence-corrected chi connectivity index (χ1v) is 14.9. The molecule has 1 aliphatic rings. The predicted molar refractivity (Wildman–Crippen MR) is 158 cm³/mol. The standard InChI is InChI=1S/C33H45N3O3/c1-3-5-6-7-8-9-14-32(37)36(28-17-18-28)25-33(38)35(24-26-15-19-29(20-16-26)39-4-2)22-21-27-23-34-31-13-11-10-12-30(27)31/h10-13,15-16,19-20,23,28,34H,3-9,14,17-18,21-22,24-25H2,1-2H3. The number of aromatic nitrogens is 1. The molecule has 0 bridgehead atoms. The number of hydrogen-bond acceptors (Lipinski definition) is 3. The van der Waals surface area contributed by atoms with E-state index in [4.69, 9.17) is 4.74 Å². The molecule has 1 fully saturated rings. The topological polar surface area (TPSA) is 65.6 Å². The maximum atomic E-state index is 13.7. The number of nitrogens with zero attached hydrogens (tertiary/aromatic N) is 2. The first-order chi connectivity index (χ1) is 19.1. The van der Waals surface area contributed by atoms with Gasteiger partial charge in [-0.25, -0.2) is 0 Å². The van der Waals surface area contributed by atoms with Gasteiger partial charge in [0.2, 0.25) is 11.8 Å². The second-order valence-electron chi connectivity index (χ2n) is 10.8. The van der Waals surface area contributed by atoms with Crippen molar-refractivity contribution in [3.63, 3.8) is 0 Å². The summed E-state index contributed by atoms with van der Waals surface area (Å²) >= 11 is 0. The lowest BCUT2D eigenvalue weighted by atomic mass is 10.1. The largest absolute Gasteiger partial charge is 0.494 e. The summed E-state index contributed by atoms with van der Waals surface area (Å²) in [5.74, 6) is 0.990. The number of aromatic amines is 1. The van der Waals surface area contributed by atoms with Crippen LogP contribution in [0.4, 0.5) is 0 Å². The summed E-state index contributed by atoms with van der Waals surface area (Å²) in [5.41, 5.74) is 3.37. The van der Waals surface area contributed by atoms with Crippen LogP contribution in [-0.4, -0.2) is 52.3 Å². The Kier molecular flexibility index (Phi) is 10.9. The predicted octanol–water partition coefficient (Wildman–Crippen LogP) is 6.88. The number of para-hydroxylation sites is 1. The molecule has 1 saturated carbocycles. The Hall–Kier alpha value is -3.28. The van der Waals surface area contributed by atoms with E-state index in [1.54, 1.807) is 0 Å². The lowest BCUT2D eigenvalue weighted by Gasteiger charge is -2.28. The van der Waals surface area contributed by atoms with Gasteiger partial charge in [0.15, 0.2) is 0 Å². The van der Waals surface area contributed by atoms with E-state index < -0.39 is 0 Å². The van der Waals surface area contributed by atoms with Crippen molar-refractivity contribution >= 4 is 22.7 Å². The average Bonchev–Trinajstić information content (AvgIpc) is 3.71. The van der Waals surface area contributed by atoms with Gasteiger partial charge in [0.05, 0.1) is 6.61 Å². The van der Waals surface area contributed by atoms with Crippen molar-refractivity contribution in [3.8, 4) is 5.75 Å². The molecule has 0 aliphatic heterocycles. The molecule has 1 heterocycles. The number of unbranched alkanes of at least 4 members (excludes halogenated alkanes) is 5. The zero-order valence-electron chi connectivity index (χ0n) is 23.8. The van der Waals surface area contributed by atoms with Crippen LogP contribution in [0.5, 0.6) is 5.75 Å². The third kappa shape index (κ3) is 8.61. The number of amides is 2. The Labute approximate surface area is 233 Å². The van der Waals surface area contributed by atoms with Crippen molar-refractivity contribution in [3.05, 3.63) is 65.9 Å². The molecule has 0 unspecified atom stereocenters. The van der Waals surface area contributed by atoms with Gasteiger partial charge in [-0.05, 0) is 61.9 Å². The molecular formula is C33H45N3O3. The minimum absolute atomic E-state index is 0.0203. The summed E-state index contributed by atoms with van der Waals surface area (Å²) in [7, 11) is 0. The zero-order valence-corrected chi connectivity index (χ0v) is 23.8. The van der Waals surface area contributed by atoms with Crippen molar-refractivity contribution in [2.75, 3.05) is 19.7 Å². The molecule has 1 aliphatic carbocycles. The molecule has 6 heteroatoms. The van der Waals surface area contributed by atoms with Gasteiger partial charge in [-0.2, -0.15) is 0 Å². The molecule has 1 N–H and O–H groups in total. The zero-order chi connectivity index (χ0) is 27.5. The number of ether oxygens (including phenoxy) is 1. The van der Waals surface area contributed by atoms with Gasteiger partial charge in [0.25, 0.3) is 0 Å². The fourth-order valence-corrected chi connectivity index (χ4v) is 5.22. The van der Waals surface area contributed by atoms with Crippen molar-refractivity contribution in [1.29, 1.82) is 0 Å². The van der Waals surface area contributed by atoms with Crippen LogP contribution in [-0.2, 0) is 22.6 Å². The SMILES string of the molecule is CCCCCCCCC(=O)N(CC(=O)N(CCc1c[nH]c2ccccc12)Cc1ccc(OCC)cc1)C1CC1. The fourth-order valence-electron chi connectivity index (χ4n) is 5.22. The first kappa shape index (κ1) is 28.7. The van der Waals surface area contributed by atoms with Gasteiger partial charge in [-0.3, -0.25) is 9.59 Å². The normalized spacial score (nSPS) is 13.0. The molecule has 0 saturated heterocycles. The highest BCUT2D eigenvalue weighted by Gasteiger charge is 2.34. The Morgan fingerprint density at radius 2 is 1.67 bits per heavy atom. The molecule has 210 valence electrons. The Balaban J connectivity index is 1.41. The van der Waals surface area contributed by atoms with E-state index in [0.717, 1.165) is 48.9 Å². The molecule has 0 spiro atoms. The molecule has 0 radical (unpaired) electrons. The lowest BCUT2D eigenvalue weighted by molar-refractivity contribution is -0.141. The van der Waals surface area contributed by atoms with E-state index in [-0.39, 0.29) is 24.4 Å². The third-order valence-corrected chi connectivity index (χ3v) is 7.64. The highest BCUT2D eigenvalue weighted by atomic mass is 16.5. The van der Waals surface area contributed by atoms with E-state index >= 15 is 0 Å². The monoisotopic (exact) mass is 531 g/mol. The third-order valence-electron chi connectivity index (χ3n) is 7.64. The Morgan fingerprint density at radius 3 is 2.41 bits per heavy atom. The fraction of sp³-hybridized carbons (Fsp3) is 0.515. The van der Waals surface area contributed by atoms with Gasteiger partial charge >= 0.3 is 0 Å². The van der Waals surface area contributed by atoms with Crippen molar-refractivity contribution in [2.45, 2.75) is 90.6 Å². The van der Waals surface area contributed by atoms with Crippen LogP contribution < -0.4 is 4.74 Å². The number of benzene rings is 2. The lowest BCUT2D eigenvalue weighted by Crippen LogP contribution is -2.44. The molecule has 0 atom stereocenters. The quantitative estimate of drug-likeness (QED) is 0.193. The van der Waals surface area contributed by atoms with E-state index in [1.807, 2.05) is 59.3 Å². The van der Waals surface area contributed by atoms with E-state index in [1.165, 1.54) is 36.6 Å². The number of hydrogen-bond donors (Lipinski definition) is 1. The van der Waals surface area contributed by atoms with Crippen LogP contribution in [0.1, 0.15) is 82.8 Å². The summed E-state index contributed by atoms with van der Waals surface area (Å²) < 4.78 is 5.59. The van der Waals surface area contributed by atoms with Crippen LogP contribution in [0.3, 0.4) is 0 Å². The van der Waals surface area contributed by atoms with Crippen molar-refractivity contribution in [1.82, 2.24) is 14.8 Å². The van der Waals surface area contributed by atoms with Gasteiger partial charge in [0, 0.05) is 42.7 Å². The highest BCUT2D eigenvalue weighted by Crippen LogP contribution is 2.28. The van der Waals surface area contributed by atoms with Crippen LogP contribution in [0.15, 0.2) is 54.7 Å². The molecule has 1 aromatic heterocycles. The van der Waals surface area contributed by atoms with Crippen LogP contribution in [0.2, 0.25) is 0 Å². The minimum atomic E-state index is 0.0203. The Morgan fingerprint density at radius 1 is 0.923 bits per heavy atom. The minimum Gasteiger partial charge on any atom is -0.494 e. The summed E-state index contributed by atoms with van der Waals surface area (Å²) in [6.07, 6.45) is 12.3. The van der Waals surface area contributed by atoms with Crippen molar-refractivity contribution < 1.29 is 14.3 Å². The second kappa shape index (κ2) is 14.8. The van der Waals surface area contributed by atoms with Crippen LogP contribution in [0.25, 0.3) is 10.9 Å². The van der Waals surface area contributed by atoms with Crippen molar-refractivity contribution in [2.24, 2.45) is 0 Å². The first-order valence-electron chi connectivity index (χ1n) is 14.9. The number of H-pyrrole nitrogens is 1. The summed E-state index contributed by atoms with van der Waals surface area (Å²) in [4.78, 5) is 34.0. The molecule has 2 aromatic carbocycles. The second-order valence-corrected chi connectivity index (χ2v) is 10.8. The van der Waals surface area contributed by atoms with Crippen LogP contribution in [0, 0.1) is 0 Å². The number of carbonyl (C=O) groups is 2.